The van der Waals surface area contributed by atoms with Crippen molar-refractivity contribution < 1.29 is 23.1 Å². The number of carbonyl (C=O) groups excluding carboxylic acids is 1. The van der Waals surface area contributed by atoms with Crippen LogP contribution in [0, 0.1) is 0 Å². The summed E-state index contributed by atoms with van der Waals surface area (Å²) in [6.45, 7) is 0.645. The molecule has 0 saturated heterocycles. The van der Waals surface area contributed by atoms with Gasteiger partial charge in [0, 0.05) is 5.56 Å². The molecule has 0 aliphatic rings. The van der Waals surface area contributed by atoms with Gasteiger partial charge in [0.05, 0.1) is 0 Å². The van der Waals surface area contributed by atoms with Crippen molar-refractivity contribution in [1.82, 2.24) is 0 Å². The number of nitrogens with two attached hydrogens (primary N) is 1. The van der Waals surface area contributed by atoms with E-state index in [0.29, 0.717) is 6.92 Å². The van der Waals surface area contributed by atoms with E-state index in [1.807, 2.05) is 0 Å². The first-order valence-electron chi connectivity index (χ1n) is 4.35. The summed E-state index contributed by atoms with van der Waals surface area (Å²) in [6.07, 6.45) is -4.78. The minimum absolute atomic E-state index is 0.0849. The summed E-state index contributed by atoms with van der Waals surface area (Å²) in [6, 6.07) is 4.32. The van der Waals surface area contributed by atoms with Gasteiger partial charge in [0.15, 0.2) is 5.60 Å². The van der Waals surface area contributed by atoms with E-state index in [-0.39, 0.29) is 11.1 Å². The van der Waals surface area contributed by atoms with Gasteiger partial charge >= 0.3 is 6.18 Å². The fraction of sp³-hybridized carbons (Fsp3) is 0.300. The predicted molar refractivity (Wildman–Crippen MR) is 50.6 cm³/mol. The number of benzene rings is 1. The lowest BCUT2D eigenvalue weighted by atomic mass is 9.94. The van der Waals surface area contributed by atoms with Crippen LogP contribution in [-0.2, 0) is 5.60 Å². The number of aliphatic hydroxyl groups is 1. The zero-order chi connectivity index (χ0) is 12.6. The summed E-state index contributed by atoms with van der Waals surface area (Å²) < 4.78 is 37.3. The molecule has 0 heterocycles. The fourth-order valence-corrected chi connectivity index (χ4v) is 1.12. The number of hydrogen-bond acceptors (Lipinski definition) is 2. The molecule has 0 unspecified atom stereocenters. The number of amides is 1. The summed E-state index contributed by atoms with van der Waals surface area (Å²) in [5, 5.41) is 9.31. The number of rotatable bonds is 2. The highest BCUT2D eigenvalue weighted by Crippen LogP contribution is 2.38. The minimum atomic E-state index is -4.78. The Bertz CT molecular complexity index is 396. The Morgan fingerprint density at radius 1 is 1.25 bits per heavy atom. The molecule has 6 heteroatoms. The summed E-state index contributed by atoms with van der Waals surface area (Å²) in [5.74, 6) is -0.738. The Balaban J connectivity index is 3.11. The molecule has 16 heavy (non-hydrogen) atoms. The van der Waals surface area contributed by atoms with E-state index in [9.17, 15) is 23.1 Å². The Morgan fingerprint density at radius 3 is 2.00 bits per heavy atom. The number of alkyl halides is 3. The van der Waals surface area contributed by atoms with E-state index in [0.717, 1.165) is 24.3 Å². The summed E-state index contributed by atoms with van der Waals surface area (Å²) >= 11 is 0. The monoisotopic (exact) mass is 233 g/mol. The molecule has 1 aromatic rings. The van der Waals surface area contributed by atoms with Crippen molar-refractivity contribution in [3.63, 3.8) is 0 Å². The van der Waals surface area contributed by atoms with Crippen LogP contribution in [0.1, 0.15) is 22.8 Å². The standard InChI is InChI=1S/C10H10F3NO2/c1-9(16,10(11,12)13)7-4-2-6(3-5-7)8(14)15/h2-5,16H,1H3,(H2,14,15)/t9-/m0/s1. The summed E-state index contributed by atoms with van der Waals surface area (Å²) in [5.41, 5.74) is 1.74. The molecule has 1 rings (SSSR count). The van der Waals surface area contributed by atoms with Crippen LogP contribution >= 0.6 is 0 Å². The van der Waals surface area contributed by atoms with Crippen molar-refractivity contribution in [3.05, 3.63) is 35.4 Å². The van der Waals surface area contributed by atoms with Gasteiger partial charge in [-0.15, -0.1) is 0 Å². The molecule has 0 aliphatic heterocycles. The van der Waals surface area contributed by atoms with Gasteiger partial charge in [-0.05, 0) is 24.6 Å². The molecule has 1 amide bonds. The van der Waals surface area contributed by atoms with Gasteiger partial charge < -0.3 is 10.8 Å². The maximum absolute atomic E-state index is 12.4. The Kier molecular flexibility index (Phi) is 2.96. The second-order valence-electron chi connectivity index (χ2n) is 3.51. The van der Waals surface area contributed by atoms with Gasteiger partial charge in [-0.25, -0.2) is 0 Å². The topological polar surface area (TPSA) is 63.3 Å². The van der Waals surface area contributed by atoms with Crippen molar-refractivity contribution in [3.8, 4) is 0 Å². The lowest BCUT2D eigenvalue weighted by Gasteiger charge is -2.26. The molecule has 0 aliphatic carbocycles. The van der Waals surface area contributed by atoms with E-state index in [4.69, 9.17) is 5.73 Å². The minimum Gasteiger partial charge on any atom is -0.376 e. The van der Waals surface area contributed by atoms with E-state index < -0.39 is 17.7 Å². The first kappa shape index (κ1) is 12.5. The lowest BCUT2D eigenvalue weighted by molar-refractivity contribution is -0.258. The zero-order valence-corrected chi connectivity index (χ0v) is 8.38. The van der Waals surface area contributed by atoms with Crippen LogP contribution in [0.4, 0.5) is 13.2 Å². The molecule has 0 spiro atoms. The molecule has 0 radical (unpaired) electrons. The van der Waals surface area contributed by atoms with Crippen molar-refractivity contribution in [2.45, 2.75) is 18.7 Å². The fourth-order valence-electron chi connectivity index (χ4n) is 1.12. The SMILES string of the molecule is C[C@](O)(c1ccc(C(N)=O)cc1)C(F)(F)F. The van der Waals surface area contributed by atoms with Crippen LogP contribution in [0.25, 0.3) is 0 Å². The second kappa shape index (κ2) is 3.79. The molecular weight excluding hydrogens is 223 g/mol. The molecule has 88 valence electrons. The largest absolute Gasteiger partial charge is 0.421 e. The smallest absolute Gasteiger partial charge is 0.376 e. The van der Waals surface area contributed by atoms with Crippen LogP contribution in [0.5, 0.6) is 0 Å². The first-order valence-corrected chi connectivity index (χ1v) is 4.35. The van der Waals surface area contributed by atoms with Crippen LogP contribution in [0.2, 0.25) is 0 Å². The Morgan fingerprint density at radius 2 is 1.69 bits per heavy atom. The number of halogens is 3. The van der Waals surface area contributed by atoms with Gasteiger partial charge in [-0.2, -0.15) is 13.2 Å². The van der Waals surface area contributed by atoms with Gasteiger partial charge in [-0.1, -0.05) is 12.1 Å². The van der Waals surface area contributed by atoms with Crippen LogP contribution in [0.15, 0.2) is 24.3 Å². The molecule has 1 atom stereocenters. The Labute approximate surface area is 89.7 Å². The number of carbonyl (C=O) groups is 1. The highest BCUT2D eigenvalue weighted by Gasteiger charge is 2.51. The van der Waals surface area contributed by atoms with Gasteiger partial charge in [0.25, 0.3) is 0 Å². The maximum Gasteiger partial charge on any atom is 0.421 e. The average Bonchev–Trinajstić information content (AvgIpc) is 2.16. The molecular formula is C10H10F3NO2. The third kappa shape index (κ3) is 2.16. The van der Waals surface area contributed by atoms with Crippen molar-refractivity contribution in [2.75, 3.05) is 0 Å². The van der Waals surface area contributed by atoms with Crippen LogP contribution in [0.3, 0.4) is 0 Å². The average molecular weight is 233 g/mol. The normalized spacial score (nSPS) is 15.6. The zero-order valence-electron chi connectivity index (χ0n) is 8.38. The highest BCUT2D eigenvalue weighted by molar-refractivity contribution is 5.92. The first-order chi connectivity index (χ1) is 7.16. The van der Waals surface area contributed by atoms with Crippen molar-refractivity contribution in [2.24, 2.45) is 5.73 Å². The summed E-state index contributed by atoms with van der Waals surface area (Å²) in [7, 11) is 0. The maximum atomic E-state index is 12.4. The van der Waals surface area contributed by atoms with Crippen molar-refractivity contribution in [1.29, 1.82) is 0 Å². The van der Waals surface area contributed by atoms with E-state index in [2.05, 4.69) is 0 Å². The van der Waals surface area contributed by atoms with Crippen LogP contribution in [-0.4, -0.2) is 17.2 Å². The van der Waals surface area contributed by atoms with Crippen LogP contribution < -0.4 is 5.73 Å². The lowest BCUT2D eigenvalue weighted by Crippen LogP contribution is -2.39. The third-order valence-corrected chi connectivity index (χ3v) is 2.28. The van der Waals surface area contributed by atoms with Gasteiger partial charge in [0.2, 0.25) is 5.91 Å². The van der Waals surface area contributed by atoms with E-state index >= 15 is 0 Å². The molecule has 0 bridgehead atoms. The molecule has 0 fully saturated rings. The van der Waals surface area contributed by atoms with E-state index in [1.54, 1.807) is 0 Å². The van der Waals surface area contributed by atoms with E-state index in [1.165, 1.54) is 0 Å². The molecule has 0 saturated carbocycles. The molecule has 1 aromatic carbocycles. The van der Waals surface area contributed by atoms with Gasteiger partial charge in [0.1, 0.15) is 0 Å². The highest BCUT2D eigenvalue weighted by atomic mass is 19.4. The third-order valence-electron chi connectivity index (χ3n) is 2.28. The van der Waals surface area contributed by atoms with Crippen molar-refractivity contribution >= 4 is 5.91 Å². The Hall–Kier alpha value is -1.56. The molecule has 3 nitrogen and oxygen atoms in total. The summed E-state index contributed by atoms with van der Waals surface area (Å²) in [4.78, 5) is 10.7. The molecule has 3 N–H and O–H groups in total. The molecule has 0 aromatic heterocycles. The predicted octanol–water partition coefficient (Wildman–Crippen LogP) is 1.56. The van der Waals surface area contributed by atoms with Gasteiger partial charge in [-0.3, -0.25) is 4.79 Å². The quantitative estimate of drug-likeness (QED) is 0.814. The number of primary amides is 1. The second-order valence-corrected chi connectivity index (χ2v) is 3.51. The number of hydrogen-bond donors (Lipinski definition) is 2.